The predicted octanol–water partition coefficient (Wildman–Crippen LogP) is 3.08. The molecule has 1 aliphatic heterocycles. The number of carbonyl (C=O) groups excluding carboxylic acids is 1. The zero-order chi connectivity index (χ0) is 19.1. The highest BCUT2D eigenvalue weighted by atomic mass is 19.1. The van der Waals surface area contributed by atoms with E-state index in [-0.39, 0.29) is 23.7 Å². The van der Waals surface area contributed by atoms with E-state index in [1.807, 2.05) is 24.3 Å². The molecule has 0 aliphatic carbocycles. The molecule has 0 unspecified atom stereocenters. The first kappa shape index (κ1) is 19.2. The molecule has 1 N–H and O–H groups in total. The average Bonchev–Trinajstić information content (AvgIpc) is 2.72. The Morgan fingerprint density at radius 2 is 1.85 bits per heavy atom. The summed E-state index contributed by atoms with van der Waals surface area (Å²) in [7, 11) is 1.65. The van der Waals surface area contributed by atoms with Crippen LogP contribution in [0.4, 0.5) is 4.39 Å². The molecule has 5 nitrogen and oxygen atoms in total. The molecule has 0 spiro atoms. The van der Waals surface area contributed by atoms with Gasteiger partial charge >= 0.3 is 0 Å². The number of halogens is 1. The maximum absolute atomic E-state index is 12.9. The Balaban J connectivity index is 1.64. The second-order valence-electron chi connectivity index (χ2n) is 6.61. The van der Waals surface area contributed by atoms with Gasteiger partial charge in [0.1, 0.15) is 17.3 Å². The molecule has 0 bridgehead atoms. The van der Waals surface area contributed by atoms with Crippen LogP contribution in [-0.4, -0.2) is 39.4 Å². The summed E-state index contributed by atoms with van der Waals surface area (Å²) >= 11 is 0. The zero-order valence-electron chi connectivity index (χ0n) is 15.4. The molecule has 2 aromatic rings. The molecule has 0 saturated carbocycles. The van der Waals surface area contributed by atoms with E-state index >= 15 is 0 Å². The summed E-state index contributed by atoms with van der Waals surface area (Å²) in [6.45, 7) is 1.63. The standard InChI is InChI=1S/C21H24FNO4/c1-25-19-5-3-2-4-18(19)21(10-12-26-13-11-21)15-23-20(24)14-27-17-8-6-16(22)7-9-17/h2-9H,10-15H2,1H3,(H,23,24). The van der Waals surface area contributed by atoms with E-state index in [0.29, 0.717) is 25.5 Å². The third-order valence-corrected chi connectivity index (χ3v) is 4.94. The molecule has 1 aliphatic rings. The van der Waals surface area contributed by atoms with Crippen molar-refractivity contribution in [3.8, 4) is 11.5 Å². The van der Waals surface area contributed by atoms with Gasteiger partial charge in [-0.3, -0.25) is 4.79 Å². The molecule has 0 radical (unpaired) electrons. The number of rotatable bonds is 7. The lowest BCUT2D eigenvalue weighted by Crippen LogP contribution is -2.45. The van der Waals surface area contributed by atoms with Crippen molar-refractivity contribution < 1.29 is 23.4 Å². The Morgan fingerprint density at radius 1 is 1.15 bits per heavy atom. The van der Waals surface area contributed by atoms with Crippen LogP contribution in [0.3, 0.4) is 0 Å². The van der Waals surface area contributed by atoms with E-state index in [1.165, 1.54) is 24.3 Å². The van der Waals surface area contributed by atoms with Crippen LogP contribution in [0.1, 0.15) is 18.4 Å². The van der Waals surface area contributed by atoms with Crippen LogP contribution in [0.25, 0.3) is 0 Å². The fraction of sp³-hybridized carbons (Fsp3) is 0.381. The first-order valence-corrected chi connectivity index (χ1v) is 8.99. The smallest absolute Gasteiger partial charge is 0.257 e. The lowest BCUT2D eigenvalue weighted by molar-refractivity contribution is -0.123. The molecule has 2 aromatic carbocycles. The highest BCUT2D eigenvalue weighted by molar-refractivity contribution is 5.77. The number of para-hydroxylation sites is 1. The Hall–Kier alpha value is -2.60. The number of amides is 1. The van der Waals surface area contributed by atoms with Crippen LogP contribution >= 0.6 is 0 Å². The summed E-state index contributed by atoms with van der Waals surface area (Å²) in [5.41, 5.74) is 0.840. The van der Waals surface area contributed by atoms with Crippen molar-refractivity contribution in [1.29, 1.82) is 0 Å². The third-order valence-electron chi connectivity index (χ3n) is 4.94. The highest BCUT2D eigenvalue weighted by Gasteiger charge is 2.37. The second kappa shape index (κ2) is 8.86. The monoisotopic (exact) mass is 373 g/mol. The molecule has 3 rings (SSSR count). The van der Waals surface area contributed by atoms with Crippen molar-refractivity contribution in [2.75, 3.05) is 33.5 Å². The topological polar surface area (TPSA) is 56.8 Å². The van der Waals surface area contributed by atoms with Crippen LogP contribution in [0.2, 0.25) is 0 Å². The molecule has 0 atom stereocenters. The maximum Gasteiger partial charge on any atom is 0.257 e. The number of benzene rings is 2. The number of ether oxygens (including phenoxy) is 3. The van der Waals surface area contributed by atoms with E-state index in [2.05, 4.69) is 5.32 Å². The number of nitrogens with one attached hydrogen (secondary N) is 1. The average molecular weight is 373 g/mol. The molecular weight excluding hydrogens is 349 g/mol. The summed E-state index contributed by atoms with van der Waals surface area (Å²) in [6, 6.07) is 13.5. The van der Waals surface area contributed by atoms with Crippen molar-refractivity contribution in [2.24, 2.45) is 0 Å². The lowest BCUT2D eigenvalue weighted by atomic mass is 9.73. The molecule has 1 heterocycles. The van der Waals surface area contributed by atoms with E-state index in [9.17, 15) is 9.18 Å². The van der Waals surface area contributed by atoms with Crippen LogP contribution in [0, 0.1) is 5.82 Å². The van der Waals surface area contributed by atoms with Gasteiger partial charge in [-0.2, -0.15) is 0 Å². The van der Waals surface area contributed by atoms with E-state index in [4.69, 9.17) is 14.2 Å². The first-order chi connectivity index (χ1) is 13.1. The molecule has 144 valence electrons. The van der Waals surface area contributed by atoms with Crippen molar-refractivity contribution in [3.63, 3.8) is 0 Å². The van der Waals surface area contributed by atoms with E-state index < -0.39 is 0 Å². The number of methoxy groups -OCH3 is 1. The Morgan fingerprint density at radius 3 is 2.56 bits per heavy atom. The molecule has 1 saturated heterocycles. The SMILES string of the molecule is COc1ccccc1C1(CNC(=O)COc2ccc(F)cc2)CCOCC1. The van der Waals surface area contributed by atoms with Gasteiger partial charge in [0.2, 0.25) is 0 Å². The van der Waals surface area contributed by atoms with Crippen molar-refractivity contribution in [1.82, 2.24) is 5.32 Å². The second-order valence-corrected chi connectivity index (χ2v) is 6.61. The van der Waals surface area contributed by atoms with Gasteiger partial charge in [0.25, 0.3) is 5.91 Å². The van der Waals surface area contributed by atoms with Gasteiger partial charge in [-0.15, -0.1) is 0 Å². The summed E-state index contributed by atoms with van der Waals surface area (Å²) in [4.78, 5) is 12.3. The van der Waals surface area contributed by atoms with Gasteiger partial charge in [0, 0.05) is 30.7 Å². The summed E-state index contributed by atoms with van der Waals surface area (Å²) in [5, 5.41) is 2.98. The molecule has 6 heteroatoms. The van der Waals surface area contributed by atoms with E-state index in [1.54, 1.807) is 7.11 Å². The largest absolute Gasteiger partial charge is 0.496 e. The fourth-order valence-electron chi connectivity index (χ4n) is 3.38. The van der Waals surface area contributed by atoms with Gasteiger partial charge in [-0.25, -0.2) is 4.39 Å². The van der Waals surface area contributed by atoms with Gasteiger partial charge in [0.15, 0.2) is 6.61 Å². The van der Waals surface area contributed by atoms with Crippen LogP contribution < -0.4 is 14.8 Å². The number of carbonyl (C=O) groups is 1. The Bertz CT molecular complexity index is 757. The van der Waals surface area contributed by atoms with Crippen LogP contribution in [0.5, 0.6) is 11.5 Å². The van der Waals surface area contributed by atoms with Gasteiger partial charge in [-0.05, 0) is 43.2 Å². The van der Waals surface area contributed by atoms with Crippen LogP contribution in [0.15, 0.2) is 48.5 Å². The minimum atomic E-state index is -0.343. The third kappa shape index (κ3) is 4.77. The number of hydrogen-bond donors (Lipinski definition) is 1. The number of hydrogen-bond acceptors (Lipinski definition) is 4. The predicted molar refractivity (Wildman–Crippen MR) is 99.6 cm³/mol. The molecule has 0 aromatic heterocycles. The molecular formula is C21H24FNO4. The van der Waals surface area contributed by atoms with Gasteiger partial charge in [-0.1, -0.05) is 18.2 Å². The summed E-state index contributed by atoms with van der Waals surface area (Å²) < 4.78 is 29.4. The first-order valence-electron chi connectivity index (χ1n) is 8.99. The van der Waals surface area contributed by atoms with Crippen molar-refractivity contribution in [3.05, 3.63) is 59.9 Å². The maximum atomic E-state index is 12.9. The Labute approximate surface area is 158 Å². The molecule has 27 heavy (non-hydrogen) atoms. The minimum absolute atomic E-state index is 0.121. The Kier molecular flexibility index (Phi) is 6.29. The van der Waals surface area contributed by atoms with Crippen LogP contribution in [-0.2, 0) is 14.9 Å². The van der Waals surface area contributed by atoms with E-state index in [0.717, 1.165) is 24.2 Å². The lowest BCUT2D eigenvalue weighted by Gasteiger charge is -2.38. The van der Waals surface area contributed by atoms with Gasteiger partial charge in [0.05, 0.1) is 7.11 Å². The minimum Gasteiger partial charge on any atom is -0.496 e. The zero-order valence-corrected chi connectivity index (χ0v) is 15.4. The normalized spacial score (nSPS) is 15.8. The fourth-order valence-corrected chi connectivity index (χ4v) is 3.38. The highest BCUT2D eigenvalue weighted by Crippen LogP contribution is 2.39. The molecule has 1 amide bonds. The van der Waals surface area contributed by atoms with Crippen molar-refractivity contribution in [2.45, 2.75) is 18.3 Å². The summed E-state index contributed by atoms with van der Waals surface area (Å²) in [5.74, 6) is 0.707. The summed E-state index contributed by atoms with van der Waals surface area (Å²) in [6.07, 6.45) is 1.60. The quantitative estimate of drug-likeness (QED) is 0.810. The van der Waals surface area contributed by atoms with Gasteiger partial charge < -0.3 is 19.5 Å². The van der Waals surface area contributed by atoms with Crippen molar-refractivity contribution >= 4 is 5.91 Å². The molecule has 1 fully saturated rings.